The zero-order chi connectivity index (χ0) is 12.2. The van der Waals surface area contributed by atoms with E-state index in [1.165, 1.54) is 0 Å². The third kappa shape index (κ3) is 11.2. The quantitative estimate of drug-likeness (QED) is 0.432. The Morgan fingerprint density at radius 1 is 1.44 bits per heavy atom. The molecule has 0 fully saturated rings. The predicted molar refractivity (Wildman–Crippen MR) is 66.4 cm³/mol. The minimum atomic E-state index is 0.0415. The molecule has 0 unspecified atom stereocenters. The highest BCUT2D eigenvalue weighted by Gasteiger charge is 2.00. The number of amides is 1. The Labute approximate surface area is 98.4 Å². The van der Waals surface area contributed by atoms with E-state index in [2.05, 4.69) is 31.1 Å². The zero-order valence-corrected chi connectivity index (χ0v) is 10.4. The molecule has 0 aromatic rings. The van der Waals surface area contributed by atoms with Gasteiger partial charge in [-0.3, -0.25) is 4.79 Å². The summed E-state index contributed by atoms with van der Waals surface area (Å²) in [5.41, 5.74) is 0. The van der Waals surface area contributed by atoms with E-state index in [9.17, 15) is 4.79 Å². The fourth-order valence-electron chi connectivity index (χ4n) is 0.995. The van der Waals surface area contributed by atoms with Crippen molar-refractivity contribution in [2.24, 2.45) is 5.92 Å². The van der Waals surface area contributed by atoms with Crippen LogP contribution in [0.5, 0.6) is 0 Å². The van der Waals surface area contributed by atoms with Crippen LogP contribution in [0, 0.1) is 5.92 Å². The summed E-state index contributed by atoms with van der Waals surface area (Å²) in [6, 6.07) is 0. The molecule has 0 saturated carbocycles. The highest BCUT2D eigenvalue weighted by molar-refractivity contribution is 5.77. The summed E-state index contributed by atoms with van der Waals surface area (Å²) < 4.78 is 5.29. The topological polar surface area (TPSA) is 50.4 Å². The van der Waals surface area contributed by atoms with Crippen LogP contribution in [0.2, 0.25) is 0 Å². The lowest BCUT2D eigenvalue weighted by molar-refractivity contribution is -0.120. The van der Waals surface area contributed by atoms with E-state index in [0.29, 0.717) is 32.2 Å². The molecule has 0 atom stereocenters. The molecule has 0 bridgehead atoms. The number of rotatable bonds is 10. The van der Waals surface area contributed by atoms with E-state index in [1.54, 1.807) is 0 Å². The van der Waals surface area contributed by atoms with E-state index in [1.807, 2.05) is 6.08 Å². The van der Waals surface area contributed by atoms with Gasteiger partial charge in [-0.05, 0) is 12.3 Å². The second-order valence-electron chi connectivity index (χ2n) is 4.06. The molecule has 94 valence electrons. The lowest BCUT2D eigenvalue weighted by atomic mass is 10.2. The second kappa shape index (κ2) is 10.6. The van der Waals surface area contributed by atoms with Gasteiger partial charge in [0.2, 0.25) is 5.91 Å². The van der Waals surface area contributed by atoms with Gasteiger partial charge in [-0.1, -0.05) is 19.9 Å². The van der Waals surface area contributed by atoms with Gasteiger partial charge >= 0.3 is 0 Å². The number of carbonyl (C=O) groups is 1. The Morgan fingerprint density at radius 2 is 2.19 bits per heavy atom. The lowest BCUT2D eigenvalue weighted by Gasteiger charge is -2.08. The fraction of sp³-hybridized carbons (Fsp3) is 0.750. The number of hydrogen-bond acceptors (Lipinski definition) is 3. The molecule has 0 aliphatic rings. The molecule has 0 aromatic carbocycles. The number of ether oxygens (including phenoxy) is 1. The number of carbonyl (C=O) groups excluding carboxylic acids is 1. The van der Waals surface area contributed by atoms with E-state index in [0.717, 1.165) is 13.0 Å². The summed E-state index contributed by atoms with van der Waals surface area (Å²) >= 11 is 0. The van der Waals surface area contributed by atoms with Crippen LogP contribution in [-0.2, 0) is 9.53 Å². The number of nitrogens with one attached hydrogen (secondary N) is 2. The Balaban J connectivity index is 3.18. The van der Waals surface area contributed by atoms with E-state index in [4.69, 9.17) is 4.74 Å². The number of hydrogen-bond donors (Lipinski definition) is 2. The van der Waals surface area contributed by atoms with Crippen LogP contribution >= 0.6 is 0 Å². The van der Waals surface area contributed by atoms with Crippen LogP contribution in [0.25, 0.3) is 0 Å². The maximum absolute atomic E-state index is 11.3. The van der Waals surface area contributed by atoms with Gasteiger partial charge in [0.15, 0.2) is 0 Å². The van der Waals surface area contributed by atoms with E-state index in [-0.39, 0.29) is 5.91 Å². The average molecular weight is 228 g/mol. The van der Waals surface area contributed by atoms with Crippen molar-refractivity contribution in [1.82, 2.24) is 10.6 Å². The lowest BCUT2D eigenvalue weighted by Crippen LogP contribution is -2.36. The van der Waals surface area contributed by atoms with Crippen LogP contribution in [-0.4, -0.2) is 38.8 Å². The van der Waals surface area contributed by atoms with Crippen molar-refractivity contribution in [3.05, 3.63) is 12.7 Å². The predicted octanol–water partition coefficient (Wildman–Crippen LogP) is 0.941. The summed E-state index contributed by atoms with van der Waals surface area (Å²) in [5.74, 6) is 0.533. The molecule has 0 radical (unpaired) electrons. The second-order valence-corrected chi connectivity index (χ2v) is 4.06. The molecule has 0 rings (SSSR count). The molecule has 2 N–H and O–H groups in total. The molecule has 4 nitrogen and oxygen atoms in total. The molecule has 0 aliphatic carbocycles. The van der Waals surface area contributed by atoms with Crippen molar-refractivity contribution in [1.29, 1.82) is 0 Å². The Kier molecular flexibility index (Phi) is 10.1. The first kappa shape index (κ1) is 15.1. The molecule has 4 heteroatoms. The van der Waals surface area contributed by atoms with Crippen molar-refractivity contribution >= 4 is 5.91 Å². The van der Waals surface area contributed by atoms with Gasteiger partial charge in [0.05, 0.1) is 19.8 Å². The van der Waals surface area contributed by atoms with Crippen LogP contribution in [0.1, 0.15) is 20.3 Å². The largest absolute Gasteiger partial charge is 0.380 e. The zero-order valence-electron chi connectivity index (χ0n) is 10.4. The summed E-state index contributed by atoms with van der Waals surface area (Å²) in [5, 5.41) is 5.86. The third-order valence-electron chi connectivity index (χ3n) is 1.88. The molecule has 0 heterocycles. The van der Waals surface area contributed by atoms with Crippen molar-refractivity contribution in [3.63, 3.8) is 0 Å². The molecule has 0 spiro atoms. The Bertz CT molecular complexity index is 193. The van der Waals surface area contributed by atoms with Gasteiger partial charge < -0.3 is 15.4 Å². The molecule has 0 aliphatic heterocycles. The van der Waals surface area contributed by atoms with Gasteiger partial charge in [-0.15, -0.1) is 6.58 Å². The molecular formula is C12H24N2O2. The summed E-state index contributed by atoms with van der Waals surface area (Å²) in [6.45, 7) is 10.9. The van der Waals surface area contributed by atoms with Crippen LogP contribution in [0.3, 0.4) is 0 Å². The van der Waals surface area contributed by atoms with Crippen LogP contribution in [0.4, 0.5) is 0 Å². The van der Waals surface area contributed by atoms with Gasteiger partial charge in [-0.2, -0.15) is 0 Å². The smallest absolute Gasteiger partial charge is 0.233 e. The molecule has 1 amide bonds. The van der Waals surface area contributed by atoms with Gasteiger partial charge in [-0.25, -0.2) is 0 Å². The normalized spacial score (nSPS) is 10.4. The minimum Gasteiger partial charge on any atom is -0.380 e. The molecule has 16 heavy (non-hydrogen) atoms. The summed E-state index contributed by atoms with van der Waals surface area (Å²) in [4.78, 5) is 11.3. The molecule has 0 aromatic heterocycles. The van der Waals surface area contributed by atoms with Crippen molar-refractivity contribution in [2.75, 3.05) is 32.8 Å². The summed E-state index contributed by atoms with van der Waals surface area (Å²) in [7, 11) is 0. The van der Waals surface area contributed by atoms with Crippen LogP contribution in [0.15, 0.2) is 12.7 Å². The highest BCUT2D eigenvalue weighted by Crippen LogP contribution is 1.86. The fourth-order valence-corrected chi connectivity index (χ4v) is 0.995. The maximum atomic E-state index is 11.3. The SMILES string of the molecule is C=CCCOCCNCC(=O)NCC(C)C. The Hall–Kier alpha value is -0.870. The van der Waals surface area contributed by atoms with Crippen molar-refractivity contribution in [3.8, 4) is 0 Å². The van der Waals surface area contributed by atoms with Crippen LogP contribution < -0.4 is 10.6 Å². The van der Waals surface area contributed by atoms with E-state index < -0.39 is 0 Å². The van der Waals surface area contributed by atoms with Crippen molar-refractivity contribution in [2.45, 2.75) is 20.3 Å². The third-order valence-corrected chi connectivity index (χ3v) is 1.88. The van der Waals surface area contributed by atoms with Gasteiger partial charge in [0.25, 0.3) is 0 Å². The minimum absolute atomic E-state index is 0.0415. The van der Waals surface area contributed by atoms with Gasteiger partial charge in [0.1, 0.15) is 0 Å². The highest BCUT2D eigenvalue weighted by atomic mass is 16.5. The maximum Gasteiger partial charge on any atom is 0.233 e. The first-order valence-electron chi connectivity index (χ1n) is 5.83. The van der Waals surface area contributed by atoms with Gasteiger partial charge in [0, 0.05) is 13.1 Å². The average Bonchev–Trinajstić information content (AvgIpc) is 2.25. The van der Waals surface area contributed by atoms with E-state index >= 15 is 0 Å². The Morgan fingerprint density at radius 3 is 2.81 bits per heavy atom. The summed E-state index contributed by atoms with van der Waals surface area (Å²) in [6.07, 6.45) is 2.70. The molecule has 0 saturated heterocycles. The first-order valence-corrected chi connectivity index (χ1v) is 5.83. The standard InChI is InChI=1S/C12H24N2O2/c1-4-5-7-16-8-6-13-10-12(15)14-9-11(2)3/h4,11,13H,1,5-10H2,2-3H3,(H,14,15). The monoisotopic (exact) mass is 228 g/mol. The molecular weight excluding hydrogens is 204 g/mol. The first-order chi connectivity index (χ1) is 7.66. The van der Waals surface area contributed by atoms with Crippen molar-refractivity contribution < 1.29 is 9.53 Å².